The smallest absolute Gasteiger partial charge is 0.339 e. The summed E-state index contributed by atoms with van der Waals surface area (Å²) in [4.78, 5) is 23.2. The van der Waals surface area contributed by atoms with Gasteiger partial charge in [0, 0.05) is 22.2 Å². The molecule has 10 nitrogen and oxygen atoms in total. The number of carbonyl (C=O) groups is 1. The van der Waals surface area contributed by atoms with E-state index in [9.17, 15) is 28.6 Å². The van der Waals surface area contributed by atoms with Crippen molar-refractivity contribution in [2.24, 2.45) is 0 Å². The van der Waals surface area contributed by atoms with Gasteiger partial charge in [-0.15, -0.1) is 0 Å². The Balaban J connectivity index is 1.97. The standard InChI is InChI=1S/C24H18BrN3O7S/c1-15-3-7-20(8-4-15)36(32,33)35-22-9-5-18(25)12-16(22)11-17(14-26)24(29)27-21-13-19(28(30)31)6-10-23(21)34-2/h3-13H,1-2H3,(H,27,29)/b17-11+. The molecule has 0 aromatic heterocycles. The molecule has 1 N–H and O–H groups in total. The molecule has 0 spiro atoms. The molecule has 36 heavy (non-hydrogen) atoms. The largest absolute Gasteiger partial charge is 0.495 e. The third-order valence-electron chi connectivity index (χ3n) is 4.79. The number of ether oxygens (including phenoxy) is 1. The van der Waals surface area contributed by atoms with E-state index in [0.717, 1.165) is 17.7 Å². The maximum absolute atomic E-state index is 12.8. The molecule has 12 heteroatoms. The zero-order valence-electron chi connectivity index (χ0n) is 18.9. The fourth-order valence-electron chi connectivity index (χ4n) is 2.98. The van der Waals surface area contributed by atoms with Crippen LogP contribution in [0.4, 0.5) is 11.4 Å². The zero-order chi connectivity index (χ0) is 26.5. The van der Waals surface area contributed by atoms with E-state index in [0.29, 0.717) is 4.47 Å². The van der Waals surface area contributed by atoms with E-state index in [-0.39, 0.29) is 33.3 Å². The molecule has 0 aliphatic rings. The first-order valence-electron chi connectivity index (χ1n) is 10.1. The molecule has 0 bridgehead atoms. The van der Waals surface area contributed by atoms with Crippen molar-refractivity contribution in [2.45, 2.75) is 11.8 Å². The Bertz CT molecular complexity index is 1510. The van der Waals surface area contributed by atoms with E-state index in [1.165, 1.54) is 49.6 Å². The minimum Gasteiger partial charge on any atom is -0.495 e. The molecule has 0 saturated heterocycles. The van der Waals surface area contributed by atoms with E-state index in [1.807, 2.05) is 6.92 Å². The predicted molar refractivity (Wildman–Crippen MR) is 135 cm³/mol. The number of benzene rings is 3. The van der Waals surface area contributed by atoms with Crippen LogP contribution in [-0.4, -0.2) is 26.4 Å². The lowest BCUT2D eigenvalue weighted by atomic mass is 10.1. The molecule has 3 aromatic rings. The van der Waals surface area contributed by atoms with Gasteiger partial charge in [-0.05, 0) is 49.4 Å². The molecule has 3 rings (SSSR count). The number of carbonyl (C=O) groups excluding carboxylic acids is 1. The van der Waals surface area contributed by atoms with Crippen molar-refractivity contribution in [2.75, 3.05) is 12.4 Å². The lowest BCUT2D eigenvalue weighted by molar-refractivity contribution is -0.384. The molecular formula is C24H18BrN3O7S. The highest BCUT2D eigenvalue weighted by atomic mass is 79.9. The van der Waals surface area contributed by atoms with Gasteiger partial charge < -0.3 is 14.2 Å². The normalized spacial score (nSPS) is 11.3. The Labute approximate surface area is 215 Å². The number of nitro benzene ring substituents is 1. The summed E-state index contributed by atoms with van der Waals surface area (Å²) in [5.74, 6) is -0.877. The van der Waals surface area contributed by atoms with Gasteiger partial charge in [0.1, 0.15) is 28.0 Å². The van der Waals surface area contributed by atoms with Crippen LogP contribution in [0.1, 0.15) is 11.1 Å². The number of aryl methyl sites for hydroxylation is 1. The van der Waals surface area contributed by atoms with Gasteiger partial charge in [-0.25, -0.2) is 0 Å². The van der Waals surface area contributed by atoms with Gasteiger partial charge in [-0.1, -0.05) is 33.6 Å². The van der Waals surface area contributed by atoms with Crippen molar-refractivity contribution < 1.29 is 27.1 Å². The second-order valence-electron chi connectivity index (χ2n) is 7.30. The Morgan fingerprint density at radius 2 is 1.78 bits per heavy atom. The maximum Gasteiger partial charge on any atom is 0.339 e. The molecule has 0 atom stereocenters. The fraction of sp³-hybridized carbons (Fsp3) is 0.0833. The Morgan fingerprint density at radius 3 is 2.39 bits per heavy atom. The SMILES string of the molecule is COc1ccc([N+](=O)[O-])cc1NC(=O)/C(C#N)=C/c1cc(Br)ccc1OS(=O)(=O)c1ccc(C)cc1. The number of non-ortho nitro benzene ring substituents is 1. The third-order valence-corrected chi connectivity index (χ3v) is 6.53. The topological polar surface area (TPSA) is 149 Å². The van der Waals surface area contributed by atoms with Gasteiger partial charge in [0.05, 0.1) is 17.7 Å². The predicted octanol–water partition coefficient (Wildman–Crippen LogP) is 4.99. The van der Waals surface area contributed by atoms with Crippen molar-refractivity contribution in [3.05, 3.63) is 92.0 Å². The number of nitriles is 1. The molecule has 0 radical (unpaired) electrons. The summed E-state index contributed by atoms with van der Waals surface area (Å²) >= 11 is 3.27. The number of methoxy groups -OCH3 is 1. The number of nitro groups is 1. The summed E-state index contributed by atoms with van der Waals surface area (Å²) in [6.45, 7) is 1.81. The monoisotopic (exact) mass is 571 g/mol. The first-order chi connectivity index (χ1) is 17.0. The van der Waals surface area contributed by atoms with Crippen molar-refractivity contribution >= 4 is 49.4 Å². The van der Waals surface area contributed by atoms with Crippen LogP contribution in [0.15, 0.2) is 75.6 Å². The van der Waals surface area contributed by atoms with Gasteiger partial charge >= 0.3 is 10.1 Å². The van der Waals surface area contributed by atoms with Gasteiger partial charge in [0.25, 0.3) is 11.6 Å². The van der Waals surface area contributed by atoms with Crippen LogP contribution in [0.5, 0.6) is 11.5 Å². The zero-order valence-corrected chi connectivity index (χ0v) is 21.3. The third kappa shape index (κ3) is 6.26. The van der Waals surface area contributed by atoms with E-state index in [4.69, 9.17) is 8.92 Å². The van der Waals surface area contributed by atoms with Crippen LogP contribution in [0.3, 0.4) is 0 Å². The minimum absolute atomic E-state index is 0.0227. The van der Waals surface area contributed by atoms with Crippen molar-refractivity contribution in [1.82, 2.24) is 0 Å². The Hall–Kier alpha value is -4.21. The number of rotatable bonds is 8. The van der Waals surface area contributed by atoms with Crippen LogP contribution in [0.25, 0.3) is 6.08 Å². The van der Waals surface area contributed by atoms with E-state index < -0.39 is 26.5 Å². The average molecular weight is 572 g/mol. The minimum atomic E-state index is -4.21. The van der Waals surface area contributed by atoms with Crippen molar-refractivity contribution in [1.29, 1.82) is 5.26 Å². The second kappa shape index (κ2) is 11.0. The molecule has 0 heterocycles. The van der Waals surface area contributed by atoms with Gasteiger partial charge in [-0.2, -0.15) is 13.7 Å². The van der Waals surface area contributed by atoms with Crippen LogP contribution < -0.4 is 14.2 Å². The number of hydrogen-bond acceptors (Lipinski definition) is 8. The number of nitrogens with one attached hydrogen (secondary N) is 1. The summed E-state index contributed by atoms with van der Waals surface area (Å²) < 4.78 is 36.5. The van der Waals surface area contributed by atoms with Crippen LogP contribution >= 0.6 is 15.9 Å². The molecule has 0 saturated carbocycles. The van der Waals surface area contributed by atoms with Gasteiger partial charge in [0.15, 0.2) is 0 Å². The maximum atomic E-state index is 12.8. The van der Waals surface area contributed by atoms with Gasteiger partial charge in [0.2, 0.25) is 0 Å². The molecule has 0 unspecified atom stereocenters. The summed E-state index contributed by atoms with van der Waals surface area (Å²) in [6.07, 6.45) is 1.14. The van der Waals surface area contributed by atoms with Crippen molar-refractivity contribution in [3.63, 3.8) is 0 Å². The number of amides is 1. The fourth-order valence-corrected chi connectivity index (χ4v) is 4.31. The first-order valence-corrected chi connectivity index (χ1v) is 12.3. The molecule has 0 fully saturated rings. The summed E-state index contributed by atoms with van der Waals surface area (Å²) in [6, 6.07) is 15.8. The second-order valence-corrected chi connectivity index (χ2v) is 9.76. The Morgan fingerprint density at radius 1 is 1.11 bits per heavy atom. The molecule has 0 aliphatic heterocycles. The van der Waals surface area contributed by atoms with Crippen molar-refractivity contribution in [3.8, 4) is 17.6 Å². The average Bonchev–Trinajstić information content (AvgIpc) is 2.84. The lowest BCUT2D eigenvalue weighted by Gasteiger charge is -2.12. The molecule has 0 aliphatic carbocycles. The van der Waals surface area contributed by atoms with Crippen LogP contribution in [0.2, 0.25) is 0 Å². The quantitative estimate of drug-likeness (QED) is 0.131. The number of hydrogen-bond donors (Lipinski definition) is 1. The molecular weight excluding hydrogens is 554 g/mol. The van der Waals surface area contributed by atoms with E-state index in [2.05, 4.69) is 21.2 Å². The number of anilines is 1. The highest BCUT2D eigenvalue weighted by Gasteiger charge is 2.20. The first kappa shape index (κ1) is 26.4. The summed E-state index contributed by atoms with van der Waals surface area (Å²) in [5.41, 5.74) is 0.256. The molecule has 1 amide bonds. The summed E-state index contributed by atoms with van der Waals surface area (Å²) in [5, 5.41) is 23.1. The molecule has 184 valence electrons. The summed E-state index contributed by atoms with van der Waals surface area (Å²) in [7, 11) is -2.89. The van der Waals surface area contributed by atoms with Gasteiger partial charge in [-0.3, -0.25) is 14.9 Å². The van der Waals surface area contributed by atoms with E-state index >= 15 is 0 Å². The number of halogens is 1. The van der Waals surface area contributed by atoms with Crippen LogP contribution in [-0.2, 0) is 14.9 Å². The highest BCUT2D eigenvalue weighted by Crippen LogP contribution is 2.31. The van der Waals surface area contributed by atoms with Crippen LogP contribution in [0, 0.1) is 28.4 Å². The highest BCUT2D eigenvalue weighted by molar-refractivity contribution is 9.10. The Kier molecular flexibility index (Phi) is 8.08. The molecule has 3 aromatic carbocycles. The van der Waals surface area contributed by atoms with E-state index in [1.54, 1.807) is 18.2 Å². The number of nitrogens with zero attached hydrogens (tertiary/aromatic N) is 2. The lowest BCUT2D eigenvalue weighted by Crippen LogP contribution is -2.15.